The first-order valence-corrected chi connectivity index (χ1v) is 16.1. The van der Waals surface area contributed by atoms with E-state index in [9.17, 15) is 27.6 Å². The van der Waals surface area contributed by atoms with Crippen LogP contribution in [0.15, 0.2) is 61.1 Å². The van der Waals surface area contributed by atoms with Crippen LogP contribution in [0.5, 0.6) is 5.75 Å². The molecule has 264 valence electrons. The molecule has 0 unspecified atom stereocenters. The number of carbonyl (C=O) groups is 3. The summed E-state index contributed by atoms with van der Waals surface area (Å²) in [6.45, 7) is 3.06. The van der Waals surface area contributed by atoms with E-state index in [1.165, 1.54) is 46.6 Å². The van der Waals surface area contributed by atoms with Crippen LogP contribution in [0.3, 0.4) is 0 Å². The van der Waals surface area contributed by atoms with Crippen molar-refractivity contribution in [1.29, 1.82) is 0 Å². The maximum Gasteiger partial charge on any atom is 0.417 e. The molecule has 0 bridgehead atoms. The molecule has 2 N–H and O–H groups in total. The molecule has 0 aliphatic carbocycles. The van der Waals surface area contributed by atoms with Crippen LogP contribution in [0, 0.1) is 11.6 Å². The second-order valence-corrected chi connectivity index (χ2v) is 12.6. The number of aromatic nitrogens is 3. The van der Waals surface area contributed by atoms with Gasteiger partial charge < -0.3 is 24.3 Å². The predicted octanol–water partition coefficient (Wildman–Crippen LogP) is 5.66. The molecule has 0 saturated carbocycles. The zero-order valence-electron chi connectivity index (χ0n) is 27.4. The van der Waals surface area contributed by atoms with Gasteiger partial charge in [0.15, 0.2) is 5.75 Å². The third-order valence-corrected chi connectivity index (χ3v) is 9.28. The van der Waals surface area contributed by atoms with Gasteiger partial charge in [0, 0.05) is 75.0 Å². The lowest BCUT2D eigenvalue weighted by Crippen LogP contribution is -2.53. The Labute approximate surface area is 287 Å². The fraction of sp³-hybridized carbons (Fsp3) is 0.278. The molecule has 1 atom stereocenters. The van der Waals surface area contributed by atoms with E-state index >= 15 is 8.78 Å². The average molecular weight is 707 g/mol. The first-order valence-electron chi connectivity index (χ1n) is 16.1. The van der Waals surface area contributed by atoms with Crippen LogP contribution in [0.25, 0.3) is 27.7 Å². The van der Waals surface area contributed by atoms with Gasteiger partial charge in [-0.25, -0.2) is 13.8 Å². The normalized spacial score (nSPS) is 16.0. The summed E-state index contributed by atoms with van der Waals surface area (Å²) in [5.41, 5.74) is -0.822. The number of nitrogens with zero attached hydrogens (tertiary/aromatic N) is 4. The zero-order valence-corrected chi connectivity index (χ0v) is 27.4. The van der Waals surface area contributed by atoms with Crippen LogP contribution in [-0.2, 0) is 29.2 Å². The number of alkyl halides is 3. The lowest BCUT2D eigenvalue weighted by Gasteiger charge is -2.40. The van der Waals surface area contributed by atoms with E-state index in [1.54, 1.807) is 13.1 Å². The highest BCUT2D eigenvalue weighted by atomic mass is 19.4. The smallest absolute Gasteiger partial charge is 0.417 e. The van der Waals surface area contributed by atoms with Crippen molar-refractivity contribution in [1.82, 2.24) is 24.2 Å². The summed E-state index contributed by atoms with van der Waals surface area (Å²) < 4.78 is 83.1. The third kappa shape index (κ3) is 6.22. The fourth-order valence-corrected chi connectivity index (χ4v) is 6.70. The van der Waals surface area contributed by atoms with E-state index in [0.717, 1.165) is 37.2 Å². The van der Waals surface area contributed by atoms with Gasteiger partial charge in [0.1, 0.15) is 22.8 Å². The number of ketones is 1. The molecule has 0 spiro atoms. The lowest BCUT2D eigenvalue weighted by molar-refractivity contribution is -0.137. The summed E-state index contributed by atoms with van der Waals surface area (Å²) in [5.74, 6) is -4.11. The molecule has 1 saturated heterocycles. The van der Waals surface area contributed by atoms with Gasteiger partial charge in [0.2, 0.25) is 17.6 Å². The Bertz CT molecular complexity index is 2250. The second-order valence-electron chi connectivity index (χ2n) is 12.6. The summed E-state index contributed by atoms with van der Waals surface area (Å²) in [4.78, 5) is 43.8. The number of pyridine rings is 1. The molecule has 1 fully saturated rings. The molecule has 2 aromatic carbocycles. The number of nitrogens with one attached hydrogen (secondary N) is 2. The molecule has 10 nitrogen and oxygen atoms in total. The molecule has 15 heteroatoms. The summed E-state index contributed by atoms with van der Waals surface area (Å²) in [6, 6.07) is 7.22. The highest BCUT2D eigenvalue weighted by molar-refractivity contribution is 6.10. The standard InChI is InChI=1S/C36H31F5N6O4/c1-19(48)42-17-22-7-11-46(22)9-4-6-29(49)44-31-25(37)13-21(14-26(31)38)34(50)28-15-20-8-12-51-35-30(23-5-3-10-47(28)33(20)23)24(36(39,40)41)16-27-32(35)43-18-45(27)2/h3-6,10,13-16,18,22H,7-9,11-12,17H2,1-2H3,(H,42,48)(H,44,49)/b6-4+/t22-/m0/s1. The van der Waals surface area contributed by atoms with Gasteiger partial charge in [-0.15, -0.1) is 0 Å². The summed E-state index contributed by atoms with van der Waals surface area (Å²) in [5, 5.41) is 4.93. The topological polar surface area (TPSA) is 110 Å². The van der Waals surface area contributed by atoms with Crippen molar-refractivity contribution in [3.05, 3.63) is 95.1 Å². The maximum atomic E-state index is 15.3. The van der Waals surface area contributed by atoms with Gasteiger partial charge in [0.25, 0.3) is 0 Å². The van der Waals surface area contributed by atoms with E-state index in [1.807, 2.05) is 4.90 Å². The van der Waals surface area contributed by atoms with E-state index < -0.39 is 40.8 Å². The summed E-state index contributed by atoms with van der Waals surface area (Å²) in [7, 11) is 1.58. The first kappa shape index (κ1) is 33.9. The minimum atomic E-state index is -4.77. The van der Waals surface area contributed by atoms with Gasteiger partial charge in [-0.3, -0.25) is 19.3 Å². The maximum absolute atomic E-state index is 15.3. The summed E-state index contributed by atoms with van der Waals surface area (Å²) >= 11 is 0. The highest BCUT2D eigenvalue weighted by Crippen LogP contribution is 2.48. The van der Waals surface area contributed by atoms with Gasteiger partial charge in [-0.2, -0.15) is 13.2 Å². The van der Waals surface area contributed by atoms with Gasteiger partial charge in [0.05, 0.1) is 35.2 Å². The fourth-order valence-electron chi connectivity index (χ4n) is 6.70. The first-order chi connectivity index (χ1) is 24.3. The molecular formula is C36H31F5N6O4. The van der Waals surface area contributed by atoms with Gasteiger partial charge in [-0.1, -0.05) is 12.1 Å². The van der Waals surface area contributed by atoms with Crippen molar-refractivity contribution in [3.63, 3.8) is 0 Å². The molecular weight excluding hydrogens is 675 g/mol. The van der Waals surface area contributed by atoms with Crippen LogP contribution in [-0.4, -0.2) is 68.7 Å². The molecule has 2 aliphatic heterocycles. The van der Waals surface area contributed by atoms with E-state index in [-0.39, 0.29) is 64.1 Å². The van der Waals surface area contributed by atoms with Crippen molar-refractivity contribution in [2.45, 2.75) is 32.0 Å². The highest BCUT2D eigenvalue weighted by Gasteiger charge is 2.39. The van der Waals surface area contributed by atoms with Gasteiger partial charge in [-0.05, 0) is 42.3 Å². The van der Waals surface area contributed by atoms with Crippen LogP contribution in [0.1, 0.15) is 40.5 Å². The Morgan fingerprint density at radius 1 is 1.12 bits per heavy atom. The molecule has 5 heterocycles. The minimum absolute atomic E-state index is 0.0244. The minimum Gasteiger partial charge on any atom is -0.490 e. The van der Waals surface area contributed by atoms with Crippen LogP contribution in [0.4, 0.5) is 27.6 Å². The van der Waals surface area contributed by atoms with E-state index in [2.05, 4.69) is 15.6 Å². The zero-order chi connectivity index (χ0) is 36.2. The molecule has 51 heavy (non-hydrogen) atoms. The van der Waals surface area contributed by atoms with Crippen LogP contribution >= 0.6 is 0 Å². The number of hydrogen-bond acceptors (Lipinski definition) is 6. The van der Waals surface area contributed by atoms with Crippen LogP contribution in [0.2, 0.25) is 0 Å². The largest absolute Gasteiger partial charge is 0.490 e. The Balaban J connectivity index is 1.18. The average Bonchev–Trinajstić information content (AvgIpc) is 3.62. The van der Waals surface area contributed by atoms with Crippen molar-refractivity contribution in [2.24, 2.45) is 7.05 Å². The van der Waals surface area contributed by atoms with Crippen LogP contribution < -0.4 is 15.4 Å². The molecule has 5 aromatic rings. The Kier molecular flexibility index (Phi) is 8.61. The Hall–Kier alpha value is -5.57. The number of carbonyl (C=O) groups excluding carboxylic acids is 3. The number of likely N-dealkylation sites (tertiary alicyclic amines) is 1. The van der Waals surface area contributed by atoms with Crippen molar-refractivity contribution < 1.29 is 41.1 Å². The number of halogens is 5. The number of hydrogen-bond donors (Lipinski definition) is 2. The molecule has 7 rings (SSSR count). The molecule has 2 amide bonds. The lowest BCUT2D eigenvalue weighted by atomic mass is 9.94. The SMILES string of the molecule is CC(=O)NC[C@@H]1CCN1C/C=C/C(=O)Nc1c(F)cc(C(=O)c2cc3c4c(cccn24)-c2c(C(F)(F)F)cc4c(ncn4C)c2OCC3)cc1F. The number of imidazole rings is 1. The van der Waals surface area contributed by atoms with Crippen molar-refractivity contribution >= 4 is 39.8 Å². The van der Waals surface area contributed by atoms with E-state index in [4.69, 9.17) is 4.74 Å². The number of fused-ring (bicyclic) bond motifs is 4. The number of rotatable bonds is 8. The number of anilines is 1. The quantitative estimate of drug-likeness (QED) is 0.123. The van der Waals surface area contributed by atoms with Crippen molar-refractivity contribution in [3.8, 4) is 16.9 Å². The number of amides is 2. The third-order valence-electron chi connectivity index (χ3n) is 9.28. The van der Waals surface area contributed by atoms with Gasteiger partial charge >= 0.3 is 6.18 Å². The Morgan fingerprint density at radius 3 is 2.57 bits per heavy atom. The van der Waals surface area contributed by atoms with E-state index in [0.29, 0.717) is 24.2 Å². The second kappa shape index (κ2) is 13.0. The molecule has 2 aliphatic rings. The number of benzene rings is 2. The van der Waals surface area contributed by atoms with Crippen molar-refractivity contribution in [2.75, 3.05) is 31.6 Å². The monoisotopic (exact) mass is 706 g/mol. The number of ether oxygens (including phenoxy) is 1. The molecule has 0 radical (unpaired) electrons. The summed E-state index contributed by atoms with van der Waals surface area (Å²) in [6.07, 6.45) is 1.93. The number of aryl methyl sites for hydroxylation is 1. The molecule has 3 aromatic heterocycles. The Morgan fingerprint density at radius 2 is 1.88 bits per heavy atom. The predicted molar refractivity (Wildman–Crippen MR) is 178 cm³/mol.